The smallest absolute Gasteiger partial charge is 0.130 e. The lowest BCUT2D eigenvalue weighted by Crippen LogP contribution is -2.00. The molecule has 0 saturated carbocycles. The molecule has 1 nitrogen and oxygen atoms in total. The first-order valence-electron chi connectivity index (χ1n) is 7.01. The average molecular weight is 276 g/mol. The minimum absolute atomic E-state index is 0.233. The van der Waals surface area contributed by atoms with Crippen LogP contribution in [0.15, 0.2) is 103 Å². The molecule has 0 aliphatic heterocycles. The van der Waals surface area contributed by atoms with E-state index in [0.717, 1.165) is 22.7 Å². The van der Waals surface area contributed by atoms with E-state index in [1.165, 1.54) is 0 Å². The van der Waals surface area contributed by atoms with Crippen molar-refractivity contribution in [2.24, 2.45) is 5.92 Å². The Bertz CT molecular complexity index is 627. The maximum Gasteiger partial charge on any atom is 0.130 e. The van der Waals surface area contributed by atoms with Crippen LogP contribution in [0.2, 0.25) is 0 Å². The second kappa shape index (κ2) is 7.30. The summed E-state index contributed by atoms with van der Waals surface area (Å²) in [6.07, 6.45) is 14.0. The van der Waals surface area contributed by atoms with Crippen LogP contribution in [-0.4, -0.2) is 0 Å². The maximum atomic E-state index is 5.97. The zero-order valence-electron chi connectivity index (χ0n) is 12.3. The number of hydrogen-bond donors (Lipinski definition) is 0. The molecule has 1 aromatic carbocycles. The summed E-state index contributed by atoms with van der Waals surface area (Å²) in [5.74, 6) is 1.82. The highest BCUT2D eigenvalue weighted by Crippen LogP contribution is 2.21. The van der Waals surface area contributed by atoms with Gasteiger partial charge in [0.05, 0.1) is 0 Å². The molecule has 0 heterocycles. The van der Waals surface area contributed by atoms with Crippen LogP contribution in [0.3, 0.4) is 0 Å². The lowest BCUT2D eigenvalue weighted by molar-refractivity contribution is 0.434. The van der Waals surface area contributed by atoms with Gasteiger partial charge in [0.15, 0.2) is 0 Å². The molecule has 1 heteroatoms. The van der Waals surface area contributed by atoms with E-state index in [1.54, 1.807) is 0 Å². The number of allylic oxidation sites excluding steroid dienone is 8. The van der Waals surface area contributed by atoms with Crippen molar-refractivity contribution >= 4 is 0 Å². The molecule has 0 radical (unpaired) electrons. The molecule has 1 aliphatic carbocycles. The summed E-state index contributed by atoms with van der Waals surface area (Å²) in [7, 11) is 0. The van der Waals surface area contributed by atoms with E-state index in [0.29, 0.717) is 0 Å². The second-order valence-corrected chi connectivity index (χ2v) is 4.98. The summed E-state index contributed by atoms with van der Waals surface area (Å²) in [4.78, 5) is 0. The lowest BCUT2D eigenvalue weighted by Gasteiger charge is -2.12. The molecular weight excluding hydrogens is 256 g/mol. The summed E-state index contributed by atoms with van der Waals surface area (Å²) < 4.78 is 5.97. The Kier molecular flexibility index (Phi) is 5.16. The quantitative estimate of drug-likeness (QED) is 0.704. The number of rotatable bonds is 2. The first kappa shape index (κ1) is 14.9. The SMILES string of the molecule is C=C1/C=C\C=C/C(=C)/C(Oc2ccccc2)=C\C(C)/C=C\1. The zero-order valence-corrected chi connectivity index (χ0v) is 12.3. The third-order valence-corrected chi connectivity index (χ3v) is 3.03. The zero-order chi connectivity index (χ0) is 15.1. The molecule has 0 N–H and O–H groups in total. The summed E-state index contributed by atoms with van der Waals surface area (Å²) in [6.45, 7) is 10.2. The fraction of sp³-hybridized carbons (Fsp3) is 0.100. The fourth-order valence-electron chi connectivity index (χ4n) is 1.88. The molecule has 0 bridgehead atoms. The molecular formula is C20H20O. The molecule has 0 saturated heterocycles. The van der Waals surface area contributed by atoms with Gasteiger partial charge < -0.3 is 4.74 Å². The van der Waals surface area contributed by atoms with Crippen LogP contribution in [0.5, 0.6) is 5.75 Å². The van der Waals surface area contributed by atoms with E-state index in [-0.39, 0.29) is 5.92 Å². The number of para-hydroxylation sites is 1. The van der Waals surface area contributed by atoms with E-state index in [2.05, 4.69) is 32.2 Å². The van der Waals surface area contributed by atoms with Crippen molar-refractivity contribution in [3.8, 4) is 5.75 Å². The molecule has 2 rings (SSSR count). The molecule has 0 spiro atoms. The van der Waals surface area contributed by atoms with Crippen LogP contribution >= 0.6 is 0 Å². The summed E-state index contributed by atoms with van der Waals surface area (Å²) in [5.41, 5.74) is 1.81. The molecule has 21 heavy (non-hydrogen) atoms. The highest BCUT2D eigenvalue weighted by atomic mass is 16.5. The van der Waals surface area contributed by atoms with Crippen LogP contribution in [0.25, 0.3) is 0 Å². The highest BCUT2D eigenvalue weighted by Gasteiger charge is 2.06. The van der Waals surface area contributed by atoms with Crippen molar-refractivity contribution in [2.75, 3.05) is 0 Å². The summed E-state index contributed by atoms with van der Waals surface area (Å²) in [5, 5.41) is 0. The largest absolute Gasteiger partial charge is 0.457 e. The monoisotopic (exact) mass is 276 g/mol. The van der Waals surface area contributed by atoms with Crippen molar-refractivity contribution in [3.05, 3.63) is 103 Å². The Morgan fingerprint density at radius 2 is 1.67 bits per heavy atom. The van der Waals surface area contributed by atoms with E-state index < -0.39 is 0 Å². The van der Waals surface area contributed by atoms with E-state index in [1.807, 2.05) is 60.7 Å². The van der Waals surface area contributed by atoms with Gasteiger partial charge in [-0.1, -0.05) is 74.7 Å². The molecule has 0 fully saturated rings. The van der Waals surface area contributed by atoms with Gasteiger partial charge in [-0.15, -0.1) is 0 Å². The third kappa shape index (κ3) is 4.81. The normalized spacial score (nSPS) is 26.1. The van der Waals surface area contributed by atoms with Crippen molar-refractivity contribution in [3.63, 3.8) is 0 Å². The van der Waals surface area contributed by atoms with Crippen molar-refractivity contribution in [1.82, 2.24) is 0 Å². The average Bonchev–Trinajstić information content (AvgIpc) is 2.51. The van der Waals surface area contributed by atoms with Crippen LogP contribution in [0.4, 0.5) is 0 Å². The number of hydrogen-bond acceptors (Lipinski definition) is 1. The van der Waals surface area contributed by atoms with Crippen molar-refractivity contribution in [2.45, 2.75) is 6.92 Å². The minimum Gasteiger partial charge on any atom is -0.457 e. The summed E-state index contributed by atoms with van der Waals surface area (Å²) in [6, 6.07) is 9.75. The number of ether oxygens (including phenoxy) is 1. The fourth-order valence-corrected chi connectivity index (χ4v) is 1.88. The van der Waals surface area contributed by atoms with Gasteiger partial charge in [0.1, 0.15) is 11.5 Å². The molecule has 1 aliphatic rings. The van der Waals surface area contributed by atoms with E-state index in [4.69, 9.17) is 4.74 Å². The number of benzene rings is 1. The molecule has 1 unspecified atom stereocenters. The van der Waals surface area contributed by atoms with Gasteiger partial charge in [-0.3, -0.25) is 0 Å². The second-order valence-electron chi connectivity index (χ2n) is 4.98. The molecule has 1 aromatic rings. The van der Waals surface area contributed by atoms with Crippen LogP contribution in [0, 0.1) is 5.92 Å². The summed E-state index contributed by atoms with van der Waals surface area (Å²) >= 11 is 0. The first-order chi connectivity index (χ1) is 10.1. The molecule has 1 atom stereocenters. The Morgan fingerprint density at radius 1 is 0.952 bits per heavy atom. The van der Waals surface area contributed by atoms with Gasteiger partial charge in [0.2, 0.25) is 0 Å². The standard InChI is InChI=1S/C20H20O/c1-16-9-7-8-10-18(3)20(15-17(2)14-13-16)21-19-11-5-4-6-12-19/h4-15,17H,1,3H2,2H3/b9-7-,10-8-,14-13-,20-15+. The Balaban J connectivity index is 2.30. The van der Waals surface area contributed by atoms with Crippen LogP contribution < -0.4 is 4.74 Å². The van der Waals surface area contributed by atoms with Crippen molar-refractivity contribution in [1.29, 1.82) is 0 Å². The Labute approximate surface area is 127 Å². The van der Waals surface area contributed by atoms with Gasteiger partial charge in [0.25, 0.3) is 0 Å². The lowest BCUT2D eigenvalue weighted by atomic mass is 10.1. The Morgan fingerprint density at radius 3 is 2.43 bits per heavy atom. The molecule has 0 aromatic heterocycles. The third-order valence-electron chi connectivity index (χ3n) is 3.03. The van der Waals surface area contributed by atoms with Gasteiger partial charge >= 0.3 is 0 Å². The van der Waals surface area contributed by atoms with Crippen LogP contribution in [0.1, 0.15) is 6.92 Å². The van der Waals surface area contributed by atoms with Gasteiger partial charge in [-0.2, -0.15) is 0 Å². The van der Waals surface area contributed by atoms with Gasteiger partial charge in [-0.05, 0) is 29.7 Å². The van der Waals surface area contributed by atoms with Crippen molar-refractivity contribution < 1.29 is 4.74 Å². The highest BCUT2D eigenvalue weighted by molar-refractivity contribution is 5.40. The van der Waals surface area contributed by atoms with E-state index in [9.17, 15) is 0 Å². The maximum absolute atomic E-state index is 5.97. The Hall–Kier alpha value is -2.54. The first-order valence-corrected chi connectivity index (χ1v) is 7.01. The molecule has 106 valence electrons. The predicted molar refractivity (Wildman–Crippen MR) is 90.0 cm³/mol. The van der Waals surface area contributed by atoms with Gasteiger partial charge in [0, 0.05) is 5.57 Å². The minimum atomic E-state index is 0.233. The van der Waals surface area contributed by atoms with Crippen LogP contribution in [-0.2, 0) is 0 Å². The molecule has 0 amide bonds. The van der Waals surface area contributed by atoms with Gasteiger partial charge in [-0.25, -0.2) is 0 Å². The predicted octanol–water partition coefficient (Wildman–Crippen LogP) is 5.38. The van der Waals surface area contributed by atoms with E-state index >= 15 is 0 Å². The topological polar surface area (TPSA) is 9.23 Å².